The van der Waals surface area contributed by atoms with Crippen molar-refractivity contribution >= 4 is 27.8 Å². The van der Waals surface area contributed by atoms with E-state index in [4.69, 9.17) is 4.74 Å². The van der Waals surface area contributed by atoms with E-state index < -0.39 is 28.0 Å². The summed E-state index contributed by atoms with van der Waals surface area (Å²) in [6, 6.07) is 0. The van der Waals surface area contributed by atoms with E-state index in [9.17, 15) is 22.8 Å². The standard InChI is InChI=1S/C13H22N2O6S/c1-4-13(2)6-5-10(16)15(12(13)18)9-11(17)21-8-7-14-22(3,19)20/h14H,4-9H2,1-3H3. The number of carbonyl (C=O) groups is 3. The molecule has 0 spiro atoms. The van der Waals surface area contributed by atoms with Crippen LogP contribution in [0.3, 0.4) is 0 Å². The van der Waals surface area contributed by atoms with E-state index in [1.807, 2.05) is 6.92 Å². The number of piperidine rings is 1. The first kappa shape index (κ1) is 18.6. The molecule has 1 aliphatic rings. The van der Waals surface area contributed by atoms with Crippen LogP contribution in [0.15, 0.2) is 0 Å². The summed E-state index contributed by atoms with van der Waals surface area (Å²) in [6.07, 6.45) is 2.28. The summed E-state index contributed by atoms with van der Waals surface area (Å²) in [5, 5.41) is 0. The predicted molar refractivity (Wildman–Crippen MR) is 78.2 cm³/mol. The van der Waals surface area contributed by atoms with Crippen LogP contribution in [0.5, 0.6) is 0 Å². The molecule has 0 aromatic rings. The Labute approximate surface area is 130 Å². The van der Waals surface area contributed by atoms with Crippen LogP contribution in [0.25, 0.3) is 0 Å². The molecule has 0 saturated carbocycles. The van der Waals surface area contributed by atoms with Crippen LogP contribution < -0.4 is 4.72 Å². The van der Waals surface area contributed by atoms with Gasteiger partial charge in [0, 0.05) is 18.4 Å². The highest BCUT2D eigenvalue weighted by atomic mass is 32.2. The third-order valence-corrected chi connectivity index (χ3v) is 4.48. The van der Waals surface area contributed by atoms with E-state index in [0.29, 0.717) is 12.8 Å². The Hall–Kier alpha value is -1.48. The average Bonchev–Trinajstić information content (AvgIpc) is 2.43. The highest BCUT2D eigenvalue weighted by molar-refractivity contribution is 7.88. The van der Waals surface area contributed by atoms with Crippen molar-refractivity contribution in [2.45, 2.75) is 33.1 Å². The second-order valence-electron chi connectivity index (χ2n) is 5.59. The van der Waals surface area contributed by atoms with E-state index in [2.05, 4.69) is 4.72 Å². The fourth-order valence-corrected chi connectivity index (χ4v) is 2.57. The number of hydrogen-bond acceptors (Lipinski definition) is 6. The van der Waals surface area contributed by atoms with Gasteiger partial charge in [-0.15, -0.1) is 0 Å². The highest BCUT2D eigenvalue weighted by Crippen LogP contribution is 2.34. The van der Waals surface area contributed by atoms with Crippen LogP contribution in [0, 0.1) is 5.41 Å². The fraction of sp³-hybridized carbons (Fsp3) is 0.769. The van der Waals surface area contributed by atoms with Gasteiger partial charge in [0.15, 0.2) is 0 Å². The largest absolute Gasteiger partial charge is 0.463 e. The predicted octanol–water partition coefficient (Wildman–Crippen LogP) is -0.356. The zero-order valence-corrected chi connectivity index (χ0v) is 13.9. The first-order chi connectivity index (χ1) is 10.1. The molecule has 8 nitrogen and oxygen atoms in total. The number of nitrogens with one attached hydrogen (secondary N) is 1. The molecule has 1 unspecified atom stereocenters. The van der Waals surface area contributed by atoms with Crippen LogP contribution in [-0.2, 0) is 29.1 Å². The van der Waals surface area contributed by atoms with Crippen LogP contribution in [0.4, 0.5) is 0 Å². The van der Waals surface area contributed by atoms with Gasteiger partial charge in [0.25, 0.3) is 0 Å². The van der Waals surface area contributed by atoms with Gasteiger partial charge in [0.05, 0.1) is 6.26 Å². The van der Waals surface area contributed by atoms with Crippen molar-refractivity contribution in [3.63, 3.8) is 0 Å². The maximum absolute atomic E-state index is 12.3. The van der Waals surface area contributed by atoms with Crippen molar-refractivity contribution in [1.82, 2.24) is 9.62 Å². The molecule has 1 atom stereocenters. The summed E-state index contributed by atoms with van der Waals surface area (Å²) in [5.74, 6) is -1.49. The molecule has 1 saturated heterocycles. The molecule has 9 heteroatoms. The van der Waals surface area contributed by atoms with Crippen molar-refractivity contribution in [1.29, 1.82) is 0 Å². The molecule has 1 N–H and O–H groups in total. The third kappa shape index (κ3) is 5.06. The Morgan fingerprint density at radius 2 is 2.05 bits per heavy atom. The number of imide groups is 1. The van der Waals surface area contributed by atoms with Gasteiger partial charge in [-0.25, -0.2) is 13.1 Å². The Morgan fingerprint density at radius 1 is 1.41 bits per heavy atom. The number of ether oxygens (including phenoxy) is 1. The van der Waals surface area contributed by atoms with E-state index >= 15 is 0 Å². The minimum Gasteiger partial charge on any atom is -0.463 e. The molecule has 0 aliphatic carbocycles. The summed E-state index contributed by atoms with van der Waals surface area (Å²) in [4.78, 5) is 36.7. The van der Waals surface area contributed by atoms with Gasteiger partial charge in [0.1, 0.15) is 13.2 Å². The van der Waals surface area contributed by atoms with Gasteiger partial charge in [-0.1, -0.05) is 13.8 Å². The second kappa shape index (κ2) is 7.19. The van der Waals surface area contributed by atoms with Gasteiger partial charge < -0.3 is 4.74 Å². The van der Waals surface area contributed by atoms with Gasteiger partial charge in [-0.2, -0.15) is 0 Å². The van der Waals surface area contributed by atoms with Crippen molar-refractivity contribution in [3.05, 3.63) is 0 Å². The van der Waals surface area contributed by atoms with Gasteiger partial charge >= 0.3 is 5.97 Å². The fourth-order valence-electron chi connectivity index (χ4n) is 2.12. The number of hydrogen-bond donors (Lipinski definition) is 1. The Balaban J connectivity index is 2.52. The number of sulfonamides is 1. The quantitative estimate of drug-likeness (QED) is 0.387. The van der Waals surface area contributed by atoms with Gasteiger partial charge in [-0.3, -0.25) is 19.3 Å². The van der Waals surface area contributed by atoms with Crippen molar-refractivity contribution in [2.24, 2.45) is 5.41 Å². The average molecular weight is 334 g/mol. The number of likely N-dealkylation sites (tertiary alicyclic amines) is 1. The lowest BCUT2D eigenvalue weighted by molar-refractivity contribution is -0.163. The maximum atomic E-state index is 12.3. The van der Waals surface area contributed by atoms with E-state index in [-0.39, 0.29) is 31.4 Å². The SMILES string of the molecule is CCC1(C)CCC(=O)N(CC(=O)OCCNS(C)(=O)=O)C1=O. The molecule has 1 fully saturated rings. The molecule has 126 valence electrons. The summed E-state index contributed by atoms with van der Waals surface area (Å²) in [5.41, 5.74) is -0.633. The topological polar surface area (TPSA) is 110 Å². The van der Waals surface area contributed by atoms with Crippen molar-refractivity contribution < 1.29 is 27.5 Å². The molecule has 0 bridgehead atoms. The van der Waals surface area contributed by atoms with E-state index in [1.54, 1.807) is 6.92 Å². The van der Waals surface area contributed by atoms with Crippen molar-refractivity contribution in [3.8, 4) is 0 Å². The molecule has 22 heavy (non-hydrogen) atoms. The minimum absolute atomic E-state index is 0.0564. The van der Waals surface area contributed by atoms with E-state index in [0.717, 1.165) is 11.2 Å². The van der Waals surface area contributed by atoms with Crippen molar-refractivity contribution in [2.75, 3.05) is 26.0 Å². The molecule has 1 heterocycles. The lowest BCUT2D eigenvalue weighted by atomic mass is 9.78. The molecular formula is C13H22N2O6S. The molecular weight excluding hydrogens is 312 g/mol. The first-order valence-electron chi connectivity index (χ1n) is 7.04. The third-order valence-electron chi connectivity index (χ3n) is 3.75. The molecule has 1 rings (SSSR count). The lowest BCUT2D eigenvalue weighted by Crippen LogP contribution is -2.52. The zero-order chi connectivity index (χ0) is 17.0. The van der Waals surface area contributed by atoms with Crippen LogP contribution in [0.2, 0.25) is 0 Å². The second-order valence-corrected chi connectivity index (χ2v) is 7.42. The zero-order valence-electron chi connectivity index (χ0n) is 13.0. The molecule has 0 radical (unpaired) electrons. The monoisotopic (exact) mass is 334 g/mol. The summed E-state index contributed by atoms with van der Waals surface area (Å²) >= 11 is 0. The number of carbonyl (C=O) groups excluding carboxylic acids is 3. The number of esters is 1. The number of nitrogens with zero attached hydrogens (tertiary/aromatic N) is 1. The van der Waals surface area contributed by atoms with Gasteiger partial charge in [-0.05, 0) is 12.8 Å². The van der Waals surface area contributed by atoms with Crippen LogP contribution >= 0.6 is 0 Å². The Morgan fingerprint density at radius 3 is 2.59 bits per heavy atom. The smallest absolute Gasteiger partial charge is 0.326 e. The van der Waals surface area contributed by atoms with Gasteiger partial charge in [0.2, 0.25) is 21.8 Å². The maximum Gasteiger partial charge on any atom is 0.326 e. The first-order valence-corrected chi connectivity index (χ1v) is 8.93. The minimum atomic E-state index is -3.35. The summed E-state index contributed by atoms with van der Waals surface area (Å²) in [6.45, 7) is 2.98. The number of amides is 2. The molecule has 0 aromatic heterocycles. The Bertz CT molecular complexity index is 559. The highest BCUT2D eigenvalue weighted by Gasteiger charge is 2.43. The number of rotatable bonds is 7. The molecule has 2 amide bonds. The molecule has 1 aliphatic heterocycles. The molecule has 0 aromatic carbocycles. The lowest BCUT2D eigenvalue weighted by Gasteiger charge is -2.36. The van der Waals surface area contributed by atoms with Crippen LogP contribution in [-0.4, -0.2) is 57.1 Å². The normalized spacial score (nSPS) is 22.8. The summed E-state index contributed by atoms with van der Waals surface area (Å²) < 4.78 is 28.7. The van der Waals surface area contributed by atoms with E-state index in [1.165, 1.54) is 0 Å². The summed E-state index contributed by atoms with van der Waals surface area (Å²) in [7, 11) is -3.35. The Kier molecular flexibility index (Phi) is 6.07. The van der Waals surface area contributed by atoms with Crippen LogP contribution in [0.1, 0.15) is 33.1 Å².